The number of methoxy groups -OCH3 is 2. The number of halogens is 1. The molecule has 1 heterocycles. The van der Waals surface area contributed by atoms with Gasteiger partial charge in [0.05, 0.1) is 23.6 Å². The number of amides is 1. The maximum absolute atomic E-state index is 12.3. The van der Waals surface area contributed by atoms with E-state index >= 15 is 0 Å². The Balaban J connectivity index is 2.30. The van der Waals surface area contributed by atoms with Gasteiger partial charge in [0.25, 0.3) is 5.91 Å². The Morgan fingerprint density at radius 2 is 2.12 bits per heavy atom. The molecule has 134 valence electrons. The van der Waals surface area contributed by atoms with Gasteiger partial charge in [0.1, 0.15) is 4.32 Å². The van der Waals surface area contributed by atoms with Crippen molar-refractivity contribution in [1.29, 1.82) is 0 Å². The number of esters is 1. The van der Waals surface area contributed by atoms with Gasteiger partial charge >= 0.3 is 5.97 Å². The van der Waals surface area contributed by atoms with Gasteiger partial charge in [-0.25, -0.2) is 4.79 Å². The molecule has 0 unspecified atom stereocenters. The number of hydrogen-bond donors (Lipinski definition) is 0. The molecule has 0 aromatic heterocycles. The molecule has 1 aromatic carbocycles. The first-order valence-corrected chi connectivity index (χ1v) is 9.25. The van der Waals surface area contributed by atoms with E-state index in [4.69, 9.17) is 21.7 Å². The molecular weight excluding hydrogens is 430 g/mol. The lowest BCUT2D eigenvalue weighted by Gasteiger charge is -2.13. The number of thiocarbonyl (C=S) groups is 1. The van der Waals surface area contributed by atoms with E-state index in [1.165, 1.54) is 26.0 Å². The predicted molar refractivity (Wildman–Crippen MR) is 104 cm³/mol. The normalized spacial score (nSPS) is 15.7. The van der Waals surface area contributed by atoms with Crippen molar-refractivity contribution in [3.63, 3.8) is 0 Å². The van der Waals surface area contributed by atoms with Crippen LogP contribution in [0.5, 0.6) is 11.5 Å². The summed E-state index contributed by atoms with van der Waals surface area (Å²) in [5.74, 6) is 0.196. The quantitative estimate of drug-likeness (QED) is 0.378. The number of hydrogen-bond acceptors (Lipinski definition) is 7. The summed E-state index contributed by atoms with van der Waals surface area (Å²) in [4.78, 5) is 25.6. The average Bonchev–Trinajstić information content (AvgIpc) is 2.86. The highest BCUT2D eigenvalue weighted by Gasteiger charge is 2.30. The summed E-state index contributed by atoms with van der Waals surface area (Å²) in [6.07, 6.45) is 1.74. The molecule has 25 heavy (non-hydrogen) atoms. The van der Waals surface area contributed by atoms with Gasteiger partial charge in [0, 0.05) is 6.54 Å². The van der Waals surface area contributed by atoms with Crippen molar-refractivity contribution < 1.29 is 23.8 Å². The number of rotatable bonds is 6. The molecule has 0 radical (unpaired) electrons. The number of carbonyl (C=O) groups is 2. The fraction of sp³-hybridized carbons (Fsp3) is 0.312. The van der Waals surface area contributed by atoms with E-state index < -0.39 is 5.97 Å². The summed E-state index contributed by atoms with van der Waals surface area (Å²) in [6, 6.07) is 3.49. The Labute approximate surface area is 163 Å². The molecule has 1 aliphatic rings. The highest BCUT2D eigenvalue weighted by atomic mass is 79.9. The van der Waals surface area contributed by atoms with E-state index in [1.54, 1.807) is 23.1 Å². The van der Waals surface area contributed by atoms with E-state index in [0.29, 0.717) is 31.7 Å². The first-order valence-electron chi connectivity index (χ1n) is 7.23. The van der Waals surface area contributed by atoms with Crippen LogP contribution in [-0.4, -0.2) is 48.5 Å². The zero-order valence-corrected chi connectivity index (χ0v) is 17.0. The fourth-order valence-corrected chi connectivity index (χ4v) is 4.04. The molecular formula is C16H16BrNO5S2. The molecule has 1 amide bonds. The molecule has 1 aliphatic heterocycles. The third-order valence-corrected chi connectivity index (χ3v) is 5.27. The minimum Gasteiger partial charge on any atom is -0.493 e. The number of benzene rings is 1. The zero-order chi connectivity index (χ0) is 18.6. The van der Waals surface area contributed by atoms with Gasteiger partial charge < -0.3 is 14.2 Å². The van der Waals surface area contributed by atoms with Crippen molar-refractivity contribution in [2.75, 3.05) is 27.4 Å². The lowest BCUT2D eigenvalue weighted by atomic mass is 10.2. The SMILES string of the molecule is CCN1C(=O)C(=Cc2cc(Br)c(OCC(=O)OC)c(OC)c2)SC1=S. The smallest absolute Gasteiger partial charge is 0.343 e. The topological polar surface area (TPSA) is 65.1 Å². The Kier molecular flexibility index (Phi) is 6.86. The highest BCUT2D eigenvalue weighted by Crippen LogP contribution is 2.39. The molecule has 1 saturated heterocycles. The van der Waals surface area contributed by atoms with Gasteiger partial charge in [-0.3, -0.25) is 9.69 Å². The van der Waals surface area contributed by atoms with Crippen molar-refractivity contribution in [2.45, 2.75) is 6.92 Å². The van der Waals surface area contributed by atoms with E-state index in [2.05, 4.69) is 20.7 Å². The third kappa shape index (κ3) is 4.53. The minimum atomic E-state index is -0.499. The largest absolute Gasteiger partial charge is 0.493 e. The first-order chi connectivity index (χ1) is 11.9. The number of likely N-dealkylation sites (N-methyl/N-ethyl adjacent to an activating group) is 1. The van der Waals surface area contributed by atoms with Crippen LogP contribution in [0.4, 0.5) is 0 Å². The van der Waals surface area contributed by atoms with Crippen LogP contribution in [0, 0.1) is 0 Å². The van der Waals surface area contributed by atoms with Crippen LogP contribution in [0.2, 0.25) is 0 Å². The summed E-state index contributed by atoms with van der Waals surface area (Å²) in [5, 5.41) is 0. The van der Waals surface area contributed by atoms with Gasteiger partial charge in [-0.1, -0.05) is 24.0 Å². The lowest BCUT2D eigenvalue weighted by Crippen LogP contribution is -2.27. The number of nitrogens with zero attached hydrogens (tertiary/aromatic N) is 1. The average molecular weight is 446 g/mol. The van der Waals surface area contributed by atoms with E-state index in [-0.39, 0.29) is 12.5 Å². The van der Waals surface area contributed by atoms with Crippen LogP contribution in [0.15, 0.2) is 21.5 Å². The van der Waals surface area contributed by atoms with Crippen LogP contribution >= 0.6 is 39.9 Å². The summed E-state index contributed by atoms with van der Waals surface area (Å²) in [7, 11) is 2.78. The van der Waals surface area contributed by atoms with Crippen LogP contribution in [0.1, 0.15) is 12.5 Å². The third-order valence-electron chi connectivity index (χ3n) is 3.30. The second-order valence-electron chi connectivity index (χ2n) is 4.82. The van der Waals surface area contributed by atoms with Crippen molar-refractivity contribution >= 4 is 62.2 Å². The van der Waals surface area contributed by atoms with Gasteiger partial charge in [-0.2, -0.15) is 0 Å². The molecule has 1 aromatic rings. The Hall–Kier alpha value is -1.58. The van der Waals surface area contributed by atoms with Crippen LogP contribution in [-0.2, 0) is 14.3 Å². The first kappa shape index (κ1) is 19.7. The van der Waals surface area contributed by atoms with Crippen LogP contribution in [0.25, 0.3) is 6.08 Å². The molecule has 0 N–H and O–H groups in total. The molecule has 1 fully saturated rings. The molecule has 0 saturated carbocycles. The summed E-state index contributed by atoms with van der Waals surface area (Å²) in [6.45, 7) is 2.18. The predicted octanol–water partition coefficient (Wildman–Crippen LogP) is 3.23. The second-order valence-corrected chi connectivity index (χ2v) is 7.35. The van der Waals surface area contributed by atoms with Crippen molar-refractivity contribution in [2.24, 2.45) is 0 Å². The number of carbonyl (C=O) groups excluding carboxylic acids is 2. The monoisotopic (exact) mass is 445 g/mol. The summed E-state index contributed by atoms with van der Waals surface area (Å²) in [5.41, 5.74) is 0.741. The molecule has 6 nitrogen and oxygen atoms in total. The van der Waals surface area contributed by atoms with Crippen LogP contribution in [0.3, 0.4) is 0 Å². The second kappa shape index (κ2) is 8.68. The molecule has 0 spiro atoms. The fourth-order valence-electron chi connectivity index (χ4n) is 2.08. The van der Waals surface area contributed by atoms with Crippen molar-refractivity contribution in [3.05, 3.63) is 27.1 Å². The molecule has 0 bridgehead atoms. The minimum absolute atomic E-state index is 0.112. The highest BCUT2D eigenvalue weighted by molar-refractivity contribution is 9.10. The number of ether oxygens (including phenoxy) is 3. The van der Waals surface area contributed by atoms with Gasteiger partial charge in [-0.15, -0.1) is 0 Å². The Morgan fingerprint density at radius 1 is 1.40 bits per heavy atom. The molecule has 0 atom stereocenters. The van der Waals surface area contributed by atoms with Crippen molar-refractivity contribution in [3.8, 4) is 11.5 Å². The molecule has 0 aliphatic carbocycles. The van der Waals surface area contributed by atoms with Crippen LogP contribution < -0.4 is 9.47 Å². The maximum Gasteiger partial charge on any atom is 0.343 e. The van der Waals surface area contributed by atoms with E-state index in [1.807, 2.05) is 6.92 Å². The van der Waals surface area contributed by atoms with Gasteiger partial charge in [0.2, 0.25) is 0 Å². The maximum atomic E-state index is 12.3. The Morgan fingerprint density at radius 3 is 2.68 bits per heavy atom. The van der Waals surface area contributed by atoms with E-state index in [0.717, 1.165) is 5.56 Å². The van der Waals surface area contributed by atoms with E-state index in [9.17, 15) is 9.59 Å². The van der Waals surface area contributed by atoms with Gasteiger partial charge in [0.15, 0.2) is 18.1 Å². The zero-order valence-electron chi connectivity index (χ0n) is 13.8. The molecule has 9 heteroatoms. The Bertz CT molecular complexity index is 750. The molecule has 2 rings (SSSR count). The lowest BCUT2D eigenvalue weighted by molar-refractivity contribution is -0.143. The number of thioether (sulfide) groups is 1. The standard InChI is InChI=1S/C16H16BrNO5S2/c1-4-18-15(20)12(25-16(18)24)7-9-5-10(17)14(11(6-9)21-2)23-8-13(19)22-3/h5-7H,4,8H2,1-3H3. The van der Waals surface area contributed by atoms with Crippen molar-refractivity contribution in [1.82, 2.24) is 4.90 Å². The summed E-state index contributed by atoms with van der Waals surface area (Å²) >= 11 is 9.87. The summed E-state index contributed by atoms with van der Waals surface area (Å²) < 4.78 is 16.5. The van der Waals surface area contributed by atoms with Gasteiger partial charge in [-0.05, 0) is 46.6 Å².